The van der Waals surface area contributed by atoms with E-state index in [0.717, 1.165) is 5.69 Å². The molecule has 1 rings (SSSR count). The smallest absolute Gasteiger partial charge is 0.149 e. The van der Waals surface area contributed by atoms with Crippen LogP contribution < -0.4 is 11.1 Å². The zero-order chi connectivity index (χ0) is 13.2. The summed E-state index contributed by atoms with van der Waals surface area (Å²) < 4.78 is 24.1. The van der Waals surface area contributed by atoms with Gasteiger partial charge in [0.05, 0.1) is 17.1 Å². The number of aryl methyl sites for hydroxylation is 2. The Kier molecular flexibility index (Phi) is 4.03. The van der Waals surface area contributed by atoms with Crippen molar-refractivity contribution in [1.29, 1.82) is 0 Å². The summed E-state index contributed by atoms with van der Waals surface area (Å²) in [7, 11) is -3.00. The highest BCUT2D eigenvalue weighted by molar-refractivity contribution is 7.90. The van der Waals surface area contributed by atoms with Crippen LogP contribution in [0.3, 0.4) is 0 Å². The van der Waals surface area contributed by atoms with Gasteiger partial charge < -0.3 is 11.1 Å². The van der Waals surface area contributed by atoms with Gasteiger partial charge in [-0.2, -0.15) is 5.10 Å². The van der Waals surface area contributed by atoms with E-state index in [1.807, 2.05) is 20.8 Å². The Morgan fingerprint density at radius 1 is 1.53 bits per heavy atom. The van der Waals surface area contributed by atoms with Gasteiger partial charge >= 0.3 is 0 Å². The summed E-state index contributed by atoms with van der Waals surface area (Å²) in [5.74, 6) is 0.765. The molecule has 0 aliphatic heterocycles. The van der Waals surface area contributed by atoms with E-state index < -0.39 is 9.84 Å². The molecule has 0 aromatic carbocycles. The molecule has 6 nitrogen and oxygen atoms in total. The lowest BCUT2D eigenvalue weighted by Crippen LogP contribution is -2.26. The van der Waals surface area contributed by atoms with Crippen molar-refractivity contribution in [2.75, 3.05) is 23.1 Å². The first-order chi connectivity index (χ1) is 7.74. The lowest BCUT2D eigenvalue weighted by molar-refractivity contribution is 0.596. The third kappa shape index (κ3) is 3.62. The molecule has 0 spiro atoms. The Balaban J connectivity index is 2.88. The van der Waals surface area contributed by atoms with Crippen molar-refractivity contribution >= 4 is 21.3 Å². The zero-order valence-electron chi connectivity index (χ0n) is 10.7. The first kappa shape index (κ1) is 13.8. The van der Waals surface area contributed by atoms with Crippen molar-refractivity contribution < 1.29 is 8.42 Å². The van der Waals surface area contributed by atoms with Crippen molar-refractivity contribution in [3.8, 4) is 0 Å². The number of nitrogens with zero attached hydrogens (tertiary/aromatic N) is 2. The molecule has 1 aromatic rings. The molecule has 0 aliphatic carbocycles. The minimum atomic E-state index is -3.00. The molecule has 98 valence electrons. The van der Waals surface area contributed by atoms with Crippen LogP contribution in [0.4, 0.5) is 11.5 Å². The second-order valence-corrected chi connectivity index (χ2v) is 6.49. The Hall–Kier alpha value is -1.24. The zero-order valence-corrected chi connectivity index (χ0v) is 11.5. The molecule has 0 amide bonds. The lowest BCUT2D eigenvalue weighted by Gasteiger charge is -2.15. The second kappa shape index (κ2) is 4.95. The maximum atomic E-state index is 11.2. The van der Waals surface area contributed by atoms with E-state index in [1.165, 1.54) is 6.26 Å². The molecule has 0 aliphatic rings. The maximum Gasteiger partial charge on any atom is 0.149 e. The van der Waals surface area contributed by atoms with Crippen molar-refractivity contribution in [3.05, 3.63) is 5.69 Å². The SMILES string of the molecule is CCn1nc(C)c(N)c1NC(C)CS(C)(=O)=O. The standard InChI is InChI=1S/C10H20N4O2S/c1-5-14-10(9(11)8(3)13-14)12-7(2)6-17(4,15)16/h7,12H,5-6,11H2,1-4H3. The van der Waals surface area contributed by atoms with Gasteiger partial charge in [-0.3, -0.25) is 0 Å². The van der Waals surface area contributed by atoms with Gasteiger partial charge in [0.15, 0.2) is 0 Å². The Morgan fingerprint density at radius 3 is 2.59 bits per heavy atom. The Morgan fingerprint density at radius 2 is 2.12 bits per heavy atom. The first-order valence-electron chi connectivity index (χ1n) is 5.51. The summed E-state index contributed by atoms with van der Waals surface area (Å²) in [4.78, 5) is 0. The van der Waals surface area contributed by atoms with E-state index in [4.69, 9.17) is 5.73 Å². The highest BCUT2D eigenvalue weighted by Gasteiger charge is 2.16. The fourth-order valence-electron chi connectivity index (χ4n) is 1.71. The van der Waals surface area contributed by atoms with Crippen LogP contribution in [-0.4, -0.2) is 36.2 Å². The number of rotatable bonds is 5. The van der Waals surface area contributed by atoms with E-state index in [-0.39, 0.29) is 11.8 Å². The number of nitrogen functional groups attached to an aromatic ring is 1. The quantitative estimate of drug-likeness (QED) is 0.810. The average Bonchev–Trinajstić information content (AvgIpc) is 2.42. The lowest BCUT2D eigenvalue weighted by atomic mass is 10.3. The van der Waals surface area contributed by atoms with Crippen molar-refractivity contribution in [2.45, 2.75) is 33.4 Å². The summed E-state index contributed by atoms with van der Waals surface area (Å²) in [6, 6.07) is -0.200. The predicted octanol–water partition coefficient (Wildman–Crippen LogP) is 0.639. The molecule has 1 heterocycles. The van der Waals surface area contributed by atoms with Crippen LogP contribution in [0.2, 0.25) is 0 Å². The first-order valence-corrected chi connectivity index (χ1v) is 7.57. The molecule has 0 saturated carbocycles. The number of nitrogens with two attached hydrogens (primary N) is 1. The van der Waals surface area contributed by atoms with Gasteiger partial charge in [0, 0.05) is 18.8 Å². The normalized spacial score (nSPS) is 13.6. The highest BCUT2D eigenvalue weighted by Crippen LogP contribution is 2.22. The van der Waals surface area contributed by atoms with Gasteiger partial charge in [-0.25, -0.2) is 13.1 Å². The summed E-state index contributed by atoms with van der Waals surface area (Å²) >= 11 is 0. The number of nitrogens with one attached hydrogen (secondary N) is 1. The summed E-state index contributed by atoms with van der Waals surface area (Å²) in [6.45, 7) is 6.28. The van der Waals surface area contributed by atoms with Crippen molar-refractivity contribution in [2.24, 2.45) is 0 Å². The maximum absolute atomic E-state index is 11.2. The fourth-order valence-corrected chi connectivity index (χ4v) is 2.70. The van der Waals surface area contributed by atoms with Gasteiger partial charge in [0.1, 0.15) is 15.7 Å². The molecule has 1 atom stereocenters. The predicted molar refractivity (Wildman–Crippen MR) is 69.8 cm³/mol. The molecule has 1 unspecified atom stereocenters. The molecular formula is C10H20N4O2S. The van der Waals surface area contributed by atoms with E-state index in [1.54, 1.807) is 4.68 Å². The van der Waals surface area contributed by atoms with E-state index >= 15 is 0 Å². The fraction of sp³-hybridized carbons (Fsp3) is 0.700. The van der Waals surface area contributed by atoms with Crippen LogP contribution in [0.15, 0.2) is 0 Å². The molecule has 0 bridgehead atoms. The van der Waals surface area contributed by atoms with Gasteiger partial charge in [-0.05, 0) is 20.8 Å². The van der Waals surface area contributed by atoms with Gasteiger partial charge in [0.2, 0.25) is 0 Å². The minimum Gasteiger partial charge on any atom is -0.394 e. The van der Waals surface area contributed by atoms with Gasteiger partial charge in [-0.1, -0.05) is 0 Å². The van der Waals surface area contributed by atoms with Gasteiger partial charge in [-0.15, -0.1) is 0 Å². The van der Waals surface area contributed by atoms with Crippen molar-refractivity contribution in [3.63, 3.8) is 0 Å². The second-order valence-electron chi connectivity index (χ2n) is 4.30. The topological polar surface area (TPSA) is 90.0 Å². The number of hydrogen-bond donors (Lipinski definition) is 2. The van der Waals surface area contributed by atoms with Crippen LogP contribution in [0.1, 0.15) is 19.5 Å². The third-order valence-electron chi connectivity index (χ3n) is 2.41. The summed E-state index contributed by atoms with van der Waals surface area (Å²) in [5.41, 5.74) is 7.22. The average molecular weight is 260 g/mol. The molecule has 1 aromatic heterocycles. The number of sulfone groups is 1. The molecule has 0 saturated heterocycles. The van der Waals surface area contributed by atoms with E-state index in [2.05, 4.69) is 10.4 Å². The van der Waals surface area contributed by atoms with E-state index in [9.17, 15) is 8.42 Å². The molecule has 0 radical (unpaired) electrons. The third-order valence-corrected chi connectivity index (χ3v) is 3.51. The molecule has 17 heavy (non-hydrogen) atoms. The number of anilines is 2. The number of hydrogen-bond acceptors (Lipinski definition) is 5. The van der Waals surface area contributed by atoms with Crippen LogP contribution in [0.25, 0.3) is 0 Å². The van der Waals surface area contributed by atoms with Crippen LogP contribution in [0, 0.1) is 6.92 Å². The van der Waals surface area contributed by atoms with Crippen LogP contribution in [0.5, 0.6) is 0 Å². The molecule has 7 heteroatoms. The summed E-state index contributed by atoms with van der Waals surface area (Å²) in [5, 5.41) is 7.36. The van der Waals surface area contributed by atoms with E-state index in [0.29, 0.717) is 18.1 Å². The molecule has 0 fully saturated rings. The minimum absolute atomic E-state index is 0.0698. The summed E-state index contributed by atoms with van der Waals surface area (Å²) in [6.07, 6.45) is 1.22. The largest absolute Gasteiger partial charge is 0.394 e. The molecule has 3 N–H and O–H groups in total. The van der Waals surface area contributed by atoms with Crippen LogP contribution in [-0.2, 0) is 16.4 Å². The Bertz CT molecular complexity index is 493. The highest BCUT2D eigenvalue weighted by atomic mass is 32.2. The Labute approximate surface area is 102 Å². The van der Waals surface area contributed by atoms with Crippen molar-refractivity contribution in [1.82, 2.24) is 9.78 Å². The van der Waals surface area contributed by atoms with Crippen LogP contribution >= 0.6 is 0 Å². The molecular weight excluding hydrogens is 240 g/mol. The number of aromatic nitrogens is 2. The van der Waals surface area contributed by atoms with Gasteiger partial charge in [0.25, 0.3) is 0 Å². The monoisotopic (exact) mass is 260 g/mol.